The second-order valence-electron chi connectivity index (χ2n) is 0.100. The number of nitrogens with zero attached hydrogens (tertiary/aromatic N) is 1. The molecule has 0 aromatic rings. The second-order valence-corrected chi connectivity index (χ2v) is 0.100. The molecule has 0 rings (SSSR count). The Hall–Kier alpha value is -1.04. The van der Waals surface area contributed by atoms with Gasteiger partial charge >= 0.3 is 0 Å². The SMILES string of the molecule is C=O.N#CO. The van der Waals surface area contributed by atoms with Crippen molar-refractivity contribution in [1.29, 1.82) is 5.26 Å². The molecule has 0 amide bonds. The molecule has 0 atom stereocenters. The Morgan fingerprint density at radius 2 is 1.80 bits per heavy atom. The molecule has 0 radical (unpaired) electrons. The van der Waals surface area contributed by atoms with Crippen LogP contribution < -0.4 is 0 Å². The Morgan fingerprint density at radius 3 is 1.80 bits per heavy atom. The summed E-state index contributed by atoms with van der Waals surface area (Å²) >= 11 is 0. The maximum atomic E-state index is 8.00. The van der Waals surface area contributed by atoms with E-state index in [0.717, 1.165) is 6.26 Å². The normalized spacial score (nSPS) is 2.20. The van der Waals surface area contributed by atoms with E-state index in [1.54, 1.807) is 0 Å². The van der Waals surface area contributed by atoms with Crippen LogP contribution in [0.2, 0.25) is 0 Å². The lowest BCUT2D eigenvalue weighted by Gasteiger charge is -1.25. The molecule has 0 aromatic heterocycles. The second kappa shape index (κ2) is 7110. The first kappa shape index (κ1) is 9.03. The number of aliphatic hydroxyl groups excluding tert-OH is 1. The van der Waals surface area contributed by atoms with Gasteiger partial charge in [0.1, 0.15) is 6.79 Å². The van der Waals surface area contributed by atoms with Crippen LogP contribution >= 0.6 is 0 Å². The van der Waals surface area contributed by atoms with Crippen molar-refractivity contribution in [2.45, 2.75) is 0 Å². The Labute approximate surface area is 29.5 Å². The number of aliphatic hydroxyl groups is 1. The predicted molar refractivity (Wildman–Crippen MR) is 14.7 cm³/mol. The summed E-state index contributed by atoms with van der Waals surface area (Å²) in [5, 5.41) is 13.8. The van der Waals surface area contributed by atoms with Gasteiger partial charge in [0, 0.05) is 0 Å². The molecule has 1 N–H and O–H groups in total. The minimum absolute atomic E-state index is 0.750. The first-order valence-electron chi connectivity index (χ1n) is 0.736. The quantitative estimate of drug-likeness (QED) is 0.399. The maximum absolute atomic E-state index is 8.00. The highest BCUT2D eigenvalue weighted by Crippen LogP contribution is 1.06. The van der Waals surface area contributed by atoms with E-state index in [1.807, 2.05) is 6.79 Å². The largest absolute Gasteiger partial charge is 0.443 e. The minimum Gasteiger partial charge on any atom is -0.443 e. The average molecular weight is 73.1 g/mol. The van der Waals surface area contributed by atoms with E-state index in [9.17, 15) is 0 Å². The van der Waals surface area contributed by atoms with Crippen LogP contribution in [0.4, 0.5) is 0 Å². The van der Waals surface area contributed by atoms with Crippen LogP contribution in [0, 0.1) is 11.5 Å². The first-order chi connectivity index (χ1) is 2.41. The summed E-state index contributed by atoms with van der Waals surface area (Å²) in [4.78, 5) is 8.00. The van der Waals surface area contributed by atoms with E-state index in [0.29, 0.717) is 0 Å². The molecular weight excluding hydrogens is 70.0 g/mol. The van der Waals surface area contributed by atoms with Crippen LogP contribution in [0.25, 0.3) is 0 Å². The number of hydrogen-bond donors (Lipinski definition) is 1. The first-order valence-corrected chi connectivity index (χ1v) is 0.736. The third-order valence-electron chi connectivity index (χ3n) is 0. The highest BCUT2D eigenvalue weighted by Gasteiger charge is 1.16. The summed E-state index contributed by atoms with van der Waals surface area (Å²) in [5.74, 6) is 0. The van der Waals surface area contributed by atoms with Crippen molar-refractivity contribution in [3.8, 4) is 6.26 Å². The van der Waals surface area contributed by atoms with Crippen molar-refractivity contribution in [3.63, 3.8) is 0 Å². The molecule has 0 bridgehead atoms. The van der Waals surface area contributed by atoms with Gasteiger partial charge in [-0.05, 0) is 0 Å². The molecule has 0 aliphatic rings. The molecule has 5 heavy (non-hydrogen) atoms. The van der Waals surface area contributed by atoms with Gasteiger partial charge in [-0.2, -0.15) is 5.26 Å². The molecule has 0 saturated heterocycles. The van der Waals surface area contributed by atoms with Crippen LogP contribution in [0.3, 0.4) is 0 Å². The summed E-state index contributed by atoms with van der Waals surface area (Å²) in [6, 6.07) is 0. The molecular formula is C2H3NO2. The number of carbonyl (C=O) groups excluding carboxylic acids is 1. The molecule has 0 aliphatic carbocycles. The van der Waals surface area contributed by atoms with Gasteiger partial charge in [0.2, 0.25) is 0 Å². The Bertz CT molecular complexity index is 37.4. The number of hydrogen-bond acceptors (Lipinski definition) is 3. The van der Waals surface area contributed by atoms with Gasteiger partial charge < -0.3 is 9.90 Å². The summed E-state index contributed by atoms with van der Waals surface area (Å²) in [6.45, 7) is 2.00. The van der Waals surface area contributed by atoms with Crippen molar-refractivity contribution < 1.29 is 9.90 Å². The van der Waals surface area contributed by atoms with E-state index >= 15 is 0 Å². The van der Waals surface area contributed by atoms with Gasteiger partial charge in [0.25, 0.3) is 6.26 Å². The van der Waals surface area contributed by atoms with Gasteiger partial charge in [-0.3, -0.25) is 0 Å². The molecule has 28 valence electrons. The smallest absolute Gasteiger partial charge is 0.283 e. The molecule has 0 unspecified atom stereocenters. The van der Waals surface area contributed by atoms with Gasteiger partial charge in [-0.1, -0.05) is 0 Å². The lowest BCUT2D eigenvalue weighted by Crippen LogP contribution is -1.27. The summed E-state index contributed by atoms with van der Waals surface area (Å²) in [5.41, 5.74) is 0. The zero-order chi connectivity index (χ0) is 4.71. The standard InChI is InChI=1S/CHNO.CH2O/c2-1-3;1-2/h3H;1H2. The van der Waals surface area contributed by atoms with E-state index in [4.69, 9.17) is 15.2 Å². The van der Waals surface area contributed by atoms with Crippen molar-refractivity contribution in [2.75, 3.05) is 0 Å². The monoisotopic (exact) mass is 73.0 g/mol. The Morgan fingerprint density at radius 1 is 1.80 bits per heavy atom. The van der Waals surface area contributed by atoms with Crippen LogP contribution in [-0.2, 0) is 4.79 Å². The highest BCUT2D eigenvalue weighted by atomic mass is 16.2. The van der Waals surface area contributed by atoms with Crippen LogP contribution in [0.1, 0.15) is 0 Å². The van der Waals surface area contributed by atoms with Gasteiger partial charge in [0.15, 0.2) is 0 Å². The predicted octanol–water partition coefficient (Wildman–Crippen LogP) is -0.345. The fourth-order valence-corrected chi connectivity index (χ4v) is 0. The number of nitriles is 1. The van der Waals surface area contributed by atoms with Crippen LogP contribution in [0.5, 0.6) is 0 Å². The van der Waals surface area contributed by atoms with E-state index in [2.05, 4.69) is 0 Å². The zero-order valence-corrected chi connectivity index (χ0v) is 2.51. The number of carbonyl (C=O) groups is 1. The lowest BCUT2D eigenvalue weighted by molar-refractivity contribution is -0.0979. The molecule has 3 heteroatoms. The molecule has 0 saturated carbocycles. The summed E-state index contributed by atoms with van der Waals surface area (Å²) < 4.78 is 0. The fraction of sp³-hybridized carbons (Fsp3) is 0. The highest BCUT2D eigenvalue weighted by molar-refractivity contribution is 5.10. The minimum atomic E-state index is 0.750. The van der Waals surface area contributed by atoms with Crippen molar-refractivity contribution in [3.05, 3.63) is 0 Å². The Kier molecular flexibility index (Phi) is 12800. The maximum Gasteiger partial charge on any atom is 0.283 e. The molecule has 0 heterocycles. The van der Waals surface area contributed by atoms with E-state index in [-0.39, 0.29) is 0 Å². The van der Waals surface area contributed by atoms with Gasteiger partial charge in [0.05, 0.1) is 0 Å². The van der Waals surface area contributed by atoms with E-state index in [1.165, 1.54) is 0 Å². The molecule has 0 aromatic carbocycles. The van der Waals surface area contributed by atoms with Crippen LogP contribution in [-0.4, -0.2) is 11.9 Å². The fourth-order valence-electron chi connectivity index (χ4n) is 0. The van der Waals surface area contributed by atoms with Gasteiger partial charge in [-0.15, -0.1) is 0 Å². The zero-order valence-electron chi connectivity index (χ0n) is 2.51. The van der Waals surface area contributed by atoms with Gasteiger partial charge in [-0.25, -0.2) is 0 Å². The average Bonchev–Trinajstić information content (AvgIpc) is 1.46. The molecule has 3 nitrogen and oxygen atoms in total. The van der Waals surface area contributed by atoms with Crippen molar-refractivity contribution in [2.24, 2.45) is 0 Å². The molecule has 0 aliphatic heterocycles. The molecule has 0 fully saturated rings. The summed E-state index contributed by atoms with van der Waals surface area (Å²) in [7, 11) is 0. The van der Waals surface area contributed by atoms with Crippen molar-refractivity contribution >= 4 is 6.79 Å². The Balaban J connectivity index is 0. The molecule has 0 spiro atoms. The third-order valence-corrected chi connectivity index (χ3v) is 0. The lowest BCUT2D eigenvalue weighted by atomic mass is 11.6. The number of rotatable bonds is 0. The summed E-state index contributed by atoms with van der Waals surface area (Å²) in [6.07, 6.45) is 0.750. The van der Waals surface area contributed by atoms with Crippen molar-refractivity contribution in [1.82, 2.24) is 0 Å². The third kappa shape index (κ3) is 2.52. The van der Waals surface area contributed by atoms with E-state index < -0.39 is 0 Å². The topological polar surface area (TPSA) is 61.1 Å². The van der Waals surface area contributed by atoms with Crippen LogP contribution in [0.15, 0.2) is 0 Å².